The van der Waals surface area contributed by atoms with Crippen LogP contribution < -0.4 is 9.47 Å². The Morgan fingerprint density at radius 1 is 1.23 bits per heavy atom. The van der Waals surface area contributed by atoms with Crippen molar-refractivity contribution in [3.63, 3.8) is 0 Å². The zero-order valence-electron chi connectivity index (χ0n) is 11.7. The lowest BCUT2D eigenvalue weighted by molar-refractivity contribution is 0.309. The highest BCUT2D eigenvalue weighted by Gasteiger charge is 2.14. The number of hydrogen-bond acceptors (Lipinski definition) is 4. The first-order valence-corrected chi connectivity index (χ1v) is 7.62. The molecule has 0 aliphatic rings. The van der Waals surface area contributed by atoms with Gasteiger partial charge in [-0.2, -0.15) is 4.98 Å². The van der Waals surface area contributed by atoms with E-state index in [4.69, 9.17) is 9.47 Å². The van der Waals surface area contributed by atoms with Gasteiger partial charge in [-0.1, -0.05) is 30.3 Å². The molecule has 2 aromatic carbocycles. The van der Waals surface area contributed by atoms with Gasteiger partial charge in [-0.25, -0.2) is 9.37 Å². The second-order valence-electron chi connectivity index (χ2n) is 4.56. The standard InChI is InChI=1S/C16H12FIN2O2/c1-21-16-19-8-11-13(7-12(18)14(17)15(11)20-16)22-9-10-5-3-2-4-6-10/h2-8H,9H2,1H3. The maximum atomic E-state index is 14.2. The van der Waals surface area contributed by atoms with Crippen LogP contribution in [0.5, 0.6) is 11.8 Å². The van der Waals surface area contributed by atoms with Crippen LogP contribution in [0, 0.1) is 9.39 Å². The van der Waals surface area contributed by atoms with Crippen LogP contribution in [0.3, 0.4) is 0 Å². The van der Waals surface area contributed by atoms with E-state index in [0.717, 1.165) is 5.56 Å². The van der Waals surface area contributed by atoms with Gasteiger partial charge in [-0.15, -0.1) is 0 Å². The van der Waals surface area contributed by atoms with E-state index in [9.17, 15) is 4.39 Å². The fraction of sp³-hybridized carbons (Fsp3) is 0.125. The largest absolute Gasteiger partial charge is 0.488 e. The minimum absolute atomic E-state index is 0.127. The molecule has 0 amide bonds. The summed E-state index contributed by atoms with van der Waals surface area (Å²) < 4.78 is 25.5. The molecular formula is C16H12FIN2O2. The molecule has 0 saturated carbocycles. The molecule has 0 aliphatic carbocycles. The Hall–Kier alpha value is -1.96. The average molecular weight is 410 g/mol. The molecule has 0 radical (unpaired) electrons. The summed E-state index contributed by atoms with van der Waals surface area (Å²) >= 11 is 1.92. The predicted molar refractivity (Wildman–Crippen MR) is 89.5 cm³/mol. The molecule has 0 unspecified atom stereocenters. The quantitative estimate of drug-likeness (QED) is 0.611. The average Bonchev–Trinajstić information content (AvgIpc) is 2.57. The van der Waals surface area contributed by atoms with Crippen LogP contribution in [0.2, 0.25) is 0 Å². The number of benzene rings is 2. The second kappa shape index (κ2) is 6.43. The molecule has 0 aliphatic heterocycles. The van der Waals surface area contributed by atoms with Crippen molar-refractivity contribution >= 4 is 33.5 Å². The number of rotatable bonds is 4. The van der Waals surface area contributed by atoms with Crippen LogP contribution in [-0.2, 0) is 6.61 Å². The molecule has 0 saturated heterocycles. The second-order valence-corrected chi connectivity index (χ2v) is 5.73. The molecule has 0 fully saturated rings. The minimum atomic E-state index is -0.400. The number of nitrogens with zero attached hydrogens (tertiary/aromatic N) is 2. The summed E-state index contributed by atoms with van der Waals surface area (Å²) in [6.45, 7) is 0.393. The van der Waals surface area contributed by atoms with Gasteiger partial charge in [0.2, 0.25) is 0 Å². The molecule has 3 aromatic rings. The van der Waals surface area contributed by atoms with Crippen molar-refractivity contribution in [2.24, 2.45) is 0 Å². The number of fused-ring (bicyclic) bond motifs is 1. The Balaban J connectivity index is 2.00. The van der Waals surface area contributed by atoms with Gasteiger partial charge in [0.15, 0.2) is 5.82 Å². The van der Waals surface area contributed by atoms with E-state index in [1.807, 2.05) is 52.9 Å². The summed E-state index contributed by atoms with van der Waals surface area (Å²) in [7, 11) is 1.44. The highest BCUT2D eigenvalue weighted by atomic mass is 127. The third kappa shape index (κ3) is 2.96. The number of hydrogen-bond donors (Lipinski definition) is 0. The molecule has 4 nitrogen and oxygen atoms in total. The van der Waals surface area contributed by atoms with Crippen molar-refractivity contribution in [2.75, 3.05) is 7.11 Å². The normalized spacial score (nSPS) is 10.7. The minimum Gasteiger partial charge on any atom is -0.488 e. The third-order valence-corrected chi connectivity index (χ3v) is 3.91. The van der Waals surface area contributed by atoms with E-state index >= 15 is 0 Å². The lowest BCUT2D eigenvalue weighted by Gasteiger charge is -2.11. The van der Waals surface area contributed by atoms with Crippen LogP contribution >= 0.6 is 22.6 Å². The molecule has 1 aromatic heterocycles. The number of ether oxygens (including phenoxy) is 2. The van der Waals surface area contributed by atoms with Crippen LogP contribution in [-0.4, -0.2) is 17.1 Å². The fourth-order valence-corrected chi connectivity index (χ4v) is 2.57. The van der Waals surface area contributed by atoms with Crippen LogP contribution in [0.4, 0.5) is 4.39 Å². The lowest BCUT2D eigenvalue weighted by atomic mass is 10.2. The van der Waals surface area contributed by atoms with Crippen molar-refractivity contribution in [1.29, 1.82) is 0 Å². The molecule has 0 spiro atoms. The zero-order chi connectivity index (χ0) is 15.5. The first kappa shape index (κ1) is 15.0. The van der Waals surface area contributed by atoms with Gasteiger partial charge in [-0.3, -0.25) is 0 Å². The molecule has 0 atom stereocenters. The van der Waals surface area contributed by atoms with Crippen LogP contribution in [0.1, 0.15) is 5.56 Å². The molecule has 6 heteroatoms. The van der Waals surface area contributed by atoms with Crippen LogP contribution in [0.25, 0.3) is 10.9 Å². The first-order chi connectivity index (χ1) is 10.7. The van der Waals surface area contributed by atoms with Gasteiger partial charge < -0.3 is 9.47 Å². The van der Waals surface area contributed by atoms with Gasteiger partial charge >= 0.3 is 6.01 Å². The molecule has 112 valence electrons. The Labute approximate surface area is 140 Å². The van der Waals surface area contributed by atoms with E-state index in [1.54, 1.807) is 6.07 Å². The monoisotopic (exact) mass is 410 g/mol. The summed E-state index contributed by atoms with van der Waals surface area (Å²) in [6, 6.07) is 11.5. The molecular weight excluding hydrogens is 398 g/mol. The summed E-state index contributed by atoms with van der Waals surface area (Å²) in [5.41, 5.74) is 1.23. The first-order valence-electron chi connectivity index (χ1n) is 6.54. The predicted octanol–water partition coefficient (Wildman–Crippen LogP) is 3.96. The molecule has 0 bridgehead atoms. The van der Waals surface area contributed by atoms with Gasteiger partial charge in [0.25, 0.3) is 0 Å². The Morgan fingerprint density at radius 2 is 2.00 bits per heavy atom. The maximum Gasteiger partial charge on any atom is 0.316 e. The lowest BCUT2D eigenvalue weighted by Crippen LogP contribution is -2.00. The Kier molecular flexibility index (Phi) is 4.37. The number of halogens is 2. The van der Waals surface area contributed by atoms with Crippen molar-refractivity contribution in [1.82, 2.24) is 9.97 Å². The van der Waals surface area contributed by atoms with Gasteiger partial charge in [0.1, 0.15) is 17.9 Å². The van der Waals surface area contributed by atoms with Gasteiger partial charge in [0, 0.05) is 6.20 Å². The third-order valence-electron chi connectivity index (χ3n) is 3.13. The maximum absolute atomic E-state index is 14.2. The Bertz CT molecular complexity index is 812. The fourth-order valence-electron chi connectivity index (χ4n) is 2.04. The zero-order valence-corrected chi connectivity index (χ0v) is 13.9. The summed E-state index contributed by atoms with van der Waals surface area (Å²) in [5.74, 6) is 0.149. The topological polar surface area (TPSA) is 44.2 Å². The van der Waals surface area contributed by atoms with E-state index in [0.29, 0.717) is 21.3 Å². The van der Waals surface area contributed by atoms with E-state index < -0.39 is 5.82 Å². The van der Waals surface area contributed by atoms with Gasteiger partial charge in [0.05, 0.1) is 16.1 Å². The molecule has 0 N–H and O–H groups in total. The summed E-state index contributed by atoms with van der Waals surface area (Å²) in [5, 5.41) is 0.523. The van der Waals surface area contributed by atoms with Crippen LogP contribution in [0.15, 0.2) is 42.6 Å². The number of methoxy groups -OCH3 is 1. The van der Waals surface area contributed by atoms with Crippen molar-refractivity contribution in [2.45, 2.75) is 6.61 Å². The smallest absolute Gasteiger partial charge is 0.316 e. The summed E-state index contributed by atoms with van der Waals surface area (Å²) in [4.78, 5) is 8.11. The molecule has 1 heterocycles. The highest BCUT2D eigenvalue weighted by molar-refractivity contribution is 14.1. The van der Waals surface area contributed by atoms with E-state index in [2.05, 4.69) is 9.97 Å². The van der Waals surface area contributed by atoms with E-state index in [1.165, 1.54) is 13.3 Å². The highest BCUT2D eigenvalue weighted by Crippen LogP contribution is 2.31. The van der Waals surface area contributed by atoms with Crippen molar-refractivity contribution < 1.29 is 13.9 Å². The van der Waals surface area contributed by atoms with E-state index in [-0.39, 0.29) is 11.5 Å². The molecule has 3 rings (SSSR count). The Morgan fingerprint density at radius 3 is 2.73 bits per heavy atom. The van der Waals surface area contributed by atoms with Crippen molar-refractivity contribution in [3.8, 4) is 11.8 Å². The SMILES string of the molecule is COc1ncc2c(OCc3ccccc3)cc(I)c(F)c2n1. The number of aromatic nitrogens is 2. The summed E-state index contributed by atoms with van der Waals surface area (Å²) in [6.07, 6.45) is 1.51. The van der Waals surface area contributed by atoms with Crippen molar-refractivity contribution in [3.05, 3.63) is 57.5 Å². The van der Waals surface area contributed by atoms with Gasteiger partial charge in [-0.05, 0) is 34.2 Å². The molecule has 22 heavy (non-hydrogen) atoms.